The van der Waals surface area contributed by atoms with Gasteiger partial charge in [-0.1, -0.05) is 19.9 Å². The highest BCUT2D eigenvalue weighted by Crippen LogP contribution is 2.30. The summed E-state index contributed by atoms with van der Waals surface area (Å²) in [6.45, 7) is 9.86. The van der Waals surface area contributed by atoms with E-state index in [4.69, 9.17) is 4.74 Å². The number of ether oxygens (including phenoxy) is 1. The molecule has 1 aromatic carbocycles. The van der Waals surface area contributed by atoms with E-state index in [2.05, 4.69) is 25.7 Å². The first-order chi connectivity index (χ1) is 8.51. The van der Waals surface area contributed by atoms with Crippen LogP contribution in [0.4, 0.5) is 5.69 Å². The topological polar surface area (TPSA) is 29.5 Å². The summed E-state index contributed by atoms with van der Waals surface area (Å²) in [5.74, 6) is 1.25. The van der Waals surface area contributed by atoms with Crippen LogP contribution in [-0.4, -0.2) is 26.0 Å². The summed E-state index contributed by atoms with van der Waals surface area (Å²) in [6.07, 6.45) is 0. The third kappa shape index (κ3) is 3.25. The molecule has 0 aliphatic heterocycles. The molecule has 0 radical (unpaired) electrons. The summed E-state index contributed by atoms with van der Waals surface area (Å²) in [5, 5.41) is 0. The fraction of sp³-hybridized carbons (Fsp3) is 0.533. The van der Waals surface area contributed by atoms with Crippen molar-refractivity contribution in [2.75, 3.05) is 25.1 Å². The third-order valence-corrected chi connectivity index (χ3v) is 2.88. The number of anilines is 1. The molecule has 3 nitrogen and oxygen atoms in total. The summed E-state index contributed by atoms with van der Waals surface area (Å²) in [7, 11) is 1.60. The van der Waals surface area contributed by atoms with Crippen molar-refractivity contribution in [3.63, 3.8) is 0 Å². The van der Waals surface area contributed by atoms with E-state index in [0.717, 1.165) is 18.8 Å². The molecule has 100 valence electrons. The minimum atomic E-state index is 0.0460. The zero-order valence-electron chi connectivity index (χ0n) is 12.0. The number of Topliss-reactive ketones (excluding diaryl/α,β-unsaturated/α-hetero) is 1. The van der Waals surface area contributed by atoms with Crippen LogP contribution in [0.2, 0.25) is 0 Å². The van der Waals surface area contributed by atoms with Gasteiger partial charge in [0, 0.05) is 13.1 Å². The summed E-state index contributed by atoms with van der Waals surface area (Å²) in [6, 6.07) is 5.76. The quantitative estimate of drug-likeness (QED) is 0.724. The van der Waals surface area contributed by atoms with E-state index in [0.29, 0.717) is 17.2 Å². The SMILES string of the molecule is CCN(CC(C)C)c1cccc(OC)c1C(C)=O. The fourth-order valence-electron chi connectivity index (χ4n) is 2.15. The highest BCUT2D eigenvalue weighted by atomic mass is 16.5. The second-order valence-corrected chi connectivity index (χ2v) is 4.84. The Bertz CT molecular complexity index is 413. The molecule has 0 aliphatic carbocycles. The van der Waals surface area contributed by atoms with E-state index < -0.39 is 0 Å². The number of carbonyl (C=O) groups is 1. The van der Waals surface area contributed by atoms with Gasteiger partial charge in [0.05, 0.1) is 18.4 Å². The number of hydrogen-bond acceptors (Lipinski definition) is 3. The lowest BCUT2D eigenvalue weighted by molar-refractivity contribution is 0.101. The lowest BCUT2D eigenvalue weighted by Gasteiger charge is -2.27. The molecule has 1 aromatic rings. The smallest absolute Gasteiger partial charge is 0.165 e. The maximum Gasteiger partial charge on any atom is 0.165 e. The van der Waals surface area contributed by atoms with Crippen molar-refractivity contribution in [2.24, 2.45) is 5.92 Å². The van der Waals surface area contributed by atoms with Gasteiger partial charge in [-0.25, -0.2) is 0 Å². The highest BCUT2D eigenvalue weighted by molar-refractivity contribution is 6.02. The fourth-order valence-corrected chi connectivity index (χ4v) is 2.15. The zero-order valence-corrected chi connectivity index (χ0v) is 12.0. The van der Waals surface area contributed by atoms with Crippen LogP contribution < -0.4 is 9.64 Å². The Morgan fingerprint density at radius 2 is 2.06 bits per heavy atom. The Morgan fingerprint density at radius 1 is 1.39 bits per heavy atom. The molecule has 0 amide bonds. The van der Waals surface area contributed by atoms with Gasteiger partial charge < -0.3 is 9.64 Å². The molecule has 0 atom stereocenters. The molecule has 0 saturated heterocycles. The second kappa shape index (κ2) is 6.43. The standard InChI is InChI=1S/C15H23NO2/c1-6-16(10-11(2)3)13-8-7-9-14(18-5)15(13)12(4)17/h7-9,11H,6,10H2,1-5H3. The van der Waals surface area contributed by atoms with Gasteiger partial charge in [0.2, 0.25) is 0 Å². The van der Waals surface area contributed by atoms with E-state index in [1.807, 2.05) is 18.2 Å². The van der Waals surface area contributed by atoms with Gasteiger partial charge in [0.1, 0.15) is 5.75 Å². The number of methoxy groups -OCH3 is 1. The van der Waals surface area contributed by atoms with E-state index in [1.54, 1.807) is 14.0 Å². The third-order valence-electron chi connectivity index (χ3n) is 2.88. The molecule has 0 aliphatic rings. The van der Waals surface area contributed by atoms with Gasteiger partial charge in [-0.15, -0.1) is 0 Å². The molecule has 0 saturated carbocycles. The molecular formula is C15H23NO2. The first kappa shape index (κ1) is 14.6. The van der Waals surface area contributed by atoms with Crippen LogP contribution in [0.3, 0.4) is 0 Å². The lowest BCUT2D eigenvalue weighted by atomic mass is 10.1. The first-order valence-electron chi connectivity index (χ1n) is 6.44. The van der Waals surface area contributed by atoms with Crippen LogP contribution in [0.25, 0.3) is 0 Å². The average Bonchev–Trinajstić information content (AvgIpc) is 2.34. The van der Waals surface area contributed by atoms with Crippen molar-refractivity contribution >= 4 is 11.5 Å². The number of benzene rings is 1. The molecule has 0 bridgehead atoms. The highest BCUT2D eigenvalue weighted by Gasteiger charge is 2.18. The monoisotopic (exact) mass is 249 g/mol. The maximum absolute atomic E-state index is 11.8. The number of carbonyl (C=O) groups excluding carboxylic acids is 1. The maximum atomic E-state index is 11.8. The van der Waals surface area contributed by atoms with Crippen molar-refractivity contribution in [1.29, 1.82) is 0 Å². The molecule has 0 aromatic heterocycles. The van der Waals surface area contributed by atoms with Gasteiger partial charge >= 0.3 is 0 Å². The van der Waals surface area contributed by atoms with Crippen molar-refractivity contribution in [3.05, 3.63) is 23.8 Å². The molecule has 0 spiro atoms. The van der Waals surface area contributed by atoms with Gasteiger partial charge in [0.15, 0.2) is 5.78 Å². The Hall–Kier alpha value is -1.51. The van der Waals surface area contributed by atoms with Crippen molar-refractivity contribution < 1.29 is 9.53 Å². The number of rotatable bonds is 6. The van der Waals surface area contributed by atoms with Crippen LogP contribution in [0.15, 0.2) is 18.2 Å². The molecule has 3 heteroatoms. The number of hydrogen-bond donors (Lipinski definition) is 0. The Balaban J connectivity index is 3.24. The van der Waals surface area contributed by atoms with Crippen molar-refractivity contribution in [3.8, 4) is 5.75 Å². The van der Waals surface area contributed by atoms with Crippen LogP contribution in [-0.2, 0) is 0 Å². The summed E-state index contributed by atoms with van der Waals surface area (Å²) >= 11 is 0. The minimum Gasteiger partial charge on any atom is -0.496 e. The predicted octanol–water partition coefficient (Wildman–Crippen LogP) is 3.38. The Labute approximate surface area is 110 Å². The van der Waals surface area contributed by atoms with Crippen molar-refractivity contribution in [2.45, 2.75) is 27.7 Å². The lowest BCUT2D eigenvalue weighted by Crippen LogP contribution is -2.28. The number of ketones is 1. The molecular weight excluding hydrogens is 226 g/mol. The van der Waals surface area contributed by atoms with E-state index in [1.165, 1.54) is 0 Å². The Morgan fingerprint density at radius 3 is 2.50 bits per heavy atom. The van der Waals surface area contributed by atoms with E-state index in [9.17, 15) is 4.79 Å². The van der Waals surface area contributed by atoms with Crippen LogP contribution in [0, 0.1) is 5.92 Å². The minimum absolute atomic E-state index is 0.0460. The normalized spacial score (nSPS) is 10.6. The van der Waals surface area contributed by atoms with Gasteiger partial charge in [-0.05, 0) is 31.9 Å². The largest absolute Gasteiger partial charge is 0.496 e. The van der Waals surface area contributed by atoms with Gasteiger partial charge in [0.25, 0.3) is 0 Å². The van der Waals surface area contributed by atoms with E-state index >= 15 is 0 Å². The predicted molar refractivity (Wildman–Crippen MR) is 75.7 cm³/mol. The molecule has 0 fully saturated rings. The molecule has 0 unspecified atom stereocenters. The van der Waals surface area contributed by atoms with Crippen LogP contribution >= 0.6 is 0 Å². The van der Waals surface area contributed by atoms with E-state index in [-0.39, 0.29) is 5.78 Å². The number of nitrogens with zero attached hydrogens (tertiary/aromatic N) is 1. The van der Waals surface area contributed by atoms with Crippen LogP contribution in [0.1, 0.15) is 38.1 Å². The summed E-state index contributed by atoms with van der Waals surface area (Å²) in [4.78, 5) is 14.1. The summed E-state index contributed by atoms with van der Waals surface area (Å²) < 4.78 is 5.30. The molecule has 0 N–H and O–H groups in total. The molecule has 18 heavy (non-hydrogen) atoms. The van der Waals surface area contributed by atoms with Crippen molar-refractivity contribution in [1.82, 2.24) is 0 Å². The van der Waals surface area contributed by atoms with Gasteiger partial charge in [-0.2, -0.15) is 0 Å². The van der Waals surface area contributed by atoms with Gasteiger partial charge in [-0.3, -0.25) is 4.79 Å². The molecule has 0 heterocycles. The van der Waals surface area contributed by atoms with Crippen LogP contribution in [0.5, 0.6) is 5.75 Å². The molecule has 1 rings (SSSR count). The summed E-state index contributed by atoms with van der Waals surface area (Å²) in [5.41, 5.74) is 1.65. The second-order valence-electron chi connectivity index (χ2n) is 4.84. The Kier molecular flexibility index (Phi) is 5.20. The first-order valence-corrected chi connectivity index (χ1v) is 6.44. The zero-order chi connectivity index (χ0) is 13.7. The average molecular weight is 249 g/mol.